The van der Waals surface area contributed by atoms with Crippen molar-refractivity contribution in [1.82, 2.24) is 20.5 Å². The molecule has 3 N–H and O–H groups in total. The Morgan fingerprint density at radius 2 is 2.30 bits per heavy atom. The molecule has 0 saturated heterocycles. The van der Waals surface area contributed by atoms with Gasteiger partial charge >= 0.3 is 6.03 Å². The third-order valence-corrected chi connectivity index (χ3v) is 2.51. The highest BCUT2D eigenvalue weighted by Gasteiger charge is 2.13. The third kappa shape index (κ3) is 3.28. The predicted molar refractivity (Wildman–Crippen MR) is 70.0 cm³/mol. The summed E-state index contributed by atoms with van der Waals surface area (Å²) in [6.07, 6.45) is 1.34. The summed E-state index contributed by atoms with van der Waals surface area (Å²) < 4.78 is 0. The number of benzene rings is 1. The smallest absolute Gasteiger partial charge is 0.319 e. The first kappa shape index (κ1) is 13.5. The molecule has 1 unspecified atom stereocenters. The van der Waals surface area contributed by atoms with Gasteiger partial charge in [0.05, 0.1) is 11.0 Å². The van der Waals surface area contributed by atoms with E-state index in [4.69, 9.17) is 0 Å². The number of non-ortho nitro benzene ring substituents is 1. The molecule has 1 atom stereocenters. The van der Waals surface area contributed by atoms with Crippen LogP contribution in [0.1, 0.15) is 18.8 Å². The Kier molecular flexibility index (Phi) is 3.89. The van der Waals surface area contributed by atoms with Crippen LogP contribution in [0, 0.1) is 10.1 Å². The Bertz CT molecular complexity index is 612. The van der Waals surface area contributed by atoms with Crippen molar-refractivity contribution >= 4 is 17.4 Å². The fourth-order valence-corrected chi connectivity index (χ4v) is 1.55. The lowest BCUT2D eigenvalue weighted by atomic mass is 10.3. The number of amides is 2. The molecule has 9 heteroatoms. The number of carbonyl (C=O) groups is 1. The van der Waals surface area contributed by atoms with Gasteiger partial charge < -0.3 is 10.6 Å². The van der Waals surface area contributed by atoms with E-state index in [2.05, 4.69) is 25.8 Å². The van der Waals surface area contributed by atoms with E-state index in [0.29, 0.717) is 11.5 Å². The van der Waals surface area contributed by atoms with Gasteiger partial charge in [0.2, 0.25) is 0 Å². The Balaban J connectivity index is 1.98. The molecule has 0 aliphatic heterocycles. The third-order valence-electron chi connectivity index (χ3n) is 2.51. The predicted octanol–water partition coefficient (Wildman–Crippen LogP) is 1.60. The lowest BCUT2D eigenvalue weighted by Crippen LogP contribution is -2.31. The van der Waals surface area contributed by atoms with Crippen LogP contribution in [0.3, 0.4) is 0 Å². The average Bonchev–Trinajstić information content (AvgIpc) is 2.92. The maximum absolute atomic E-state index is 11.7. The zero-order chi connectivity index (χ0) is 14.5. The monoisotopic (exact) mass is 276 g/mol. The Hall–Kier alpha value is -2.97. The molecule has 0 aliphatic carbocycles. The summed E-state index contributed by atoms with van der Waals surface area (Å²) in [5.41, 5.74) is 0.243. The van der Waals surface area contributed by atoms with E-state index < -0.39 is 11.0 Å². The molecule has 2 amide bonds. The van der Waals surface area contributed by atoms with Crippen molar-refractivity contribution < 1.29 is 9.72 Å². The lowest BCUT2D eigenvalue weighted by Gasteiger charge is -2.12. The zero-order valence-corrected chi connectivity index (χ0v) is 10.5. The first-order valence-electron chi connectivity index (χ1n) is 5.73. The van der Waals surface area contributed by atoms with Gasteiger partial charge in [0.1, 0.15) is 12.2 Å². The van der Waals surface area contributed by atoms with Gasteiger partial charge in [0.15, 0.2) is 0 Å². The summed E-state index contributed by atoms with van der Waals surface area (Å²) in [5.74, 6) is 0.513. The second-order valence-corrected chi connectivity index (χ2v) is 4.00. The van der Waals surface area contributed by atoms with E-state index in [0.717, 1.165) is 0 Å². The molecule has 0 fully saturated rings. The number of aromatic nitrogens is 3. The molecule has 2 aromatic rings. The Morgan fingerprint density at radius 3 is 2.95 bits per heavy atom. The van der Waals surface area contributed by atoms with Crippen molar-refractivity contribution in [2.45, 2.75) is 13.0 Å². The highest BCUT2D eigenvalue weighted by atomic mass is 16.6. The van der Waals surface area contributed by atoms with Crippen LogP contribution in [0.5, 0.6) is 0 Å². The van der Waals surface area contributed by atoms with Gasteiger partial charge in [-0.25, -0.2) is 9.78 Å². The zero-order valence-electron chi connectivity index (χ0n) is 10.5. The summed E-state index contributed by atoms with van der Waals surface area (Å²) in [7, 11) is 0. The SMILES string of the molecule is CC(NC(=O)Nc1cccc([N+](=O)[O-])c1)c1ncn[nH]1. The minimum Gasteiger partial charge on any atom is -0.328 e. The van der Waals surface area contributed by atoms with E-state index in [9.17, 15) is 14.9 Å². The standard InChI is InChI=1S/C11H12N6O3/c1-7(10-12-6-13-16-10)14-11(18)15-8-3-2-4-9(5-8)17(19)20/h2-7H,1H3,(H,12,13,16)(H2,14,15,18). The molecular formula is C11H12N6O3. The molecule has 9 nitrogen and oxygen atoms in total. The number of hydrogen-bond acceptors (Lipinski definition) is 5. The van der Waals surface area contributed by atoms with E-state index in [1.54, 1.807) is 13.0 Å². The summed E-state index contributed by atoms with van der Waals surface area (Å²) >= 11 is 0. The van der Waals surface area contributed by atoms with Crippen LogP contribution >= 0.6 is 0 Å². The highest BCUT2D eigenvalue weighted by molar-refractivity contribution is 5.89. The number of nitro groups is 1. The largest absolute Gasteiger partial charge is 0.328 e. The normalized spacial score (nSPS) is 11.7. The van der Waals surface area contributed by atoms with Gasteiger partial charge in [-0.05, 0) is 13.0 Å². The van der Waals surface area contributed by atoms with Gasteiger partial charge in [-0.15, -0.1) is 0 Å². The van der Waals surface area contributed by atoms with Crippen LogP contribution < -0.4 is 10.6 Å². The van der Waals surface area contributed by atoms with Crippen molar-refractivity contribution in [2.24, 2.45) is 0 Å². The summed E-state index contributed by atoms with van der Waals surface area (Å²) in [6.45, 7) is 1.73. The first-order chi connectivity index (χ1) is 9.56. The van der Waals surface area contributed by atoms with Crippen molar-refractivity contribution in [1.29, 1.82) is 0 Å². The van der Waals surface area contributed by atoms with Crippen LogP contribution in [0.25, 0.3) is 0 Å². The summed E-state index contributed by atoms with van der Waals surface area (Å²) in [6, 6.07) is 4.82. The minimum absolute atomic E-state index is 0.0916. The van der Waals surface area contributed by atoms with Crippen LogP contribution in [-0.4, -0.2) is 26.1 Å². The number of carbonyl (C=O) groups excluding carboxylic acids is 1. The fourth-order valence-electron chi connectivity index (χ4n) is 1.55. The van der Waals surface area contributed by atoms with Gasteiger partial charge in [-0.1, -0.05) is 6.07 Å². The topological polar surface area (TPSA) is 126 Å². The quantitative estimate of drug-likeness (QED) is 0.577. The number of urea groups is 1. The van der Waals surface area contributed by atoms with Gasteiger partial charge in [-0.2, -0.15) is 5.10 Å². The number of anilines is 1. The van der Waals surface area contributed by atoms with Crippen LogP contribution in [-0.2, 0) is 0 Å². The second-order valence-electron chi connectivity index (χ2n) is 4.00. The molecular weight excluding hydrogens is 264 g/mol. The maximum atomic E-state index is 11.7. The summed E-state index contributed by atoms with van der Waals surface area (Å²) in [5, 5.41) is 22.1. The van der Waals surface area contributed by atoms with Crippen molar-refractivity contribution in [2.75, 3.05) is 5.32 Å². The van der Waals surface area contributed by atoms with E-state index in [1.165, 1.54) is 24.5 Å². The van der Waals surface area contributed by atoms with Crippen LogP contribution in [0.4, 0.5) is 16.2 Å². The number of hydrogen-bond donors (Lipinski definition) is 3. The van der Waals surface area contributed by atoms with E-state index >= 15 is 0 Å². The van der Waals surface area contributed by atoms with E-state index in [-0.39, 0.29) is 11.7 Å². The molecule has 2 rings (SSSR count). The number of nitro benzene ring substituents is 1. The second kappa shape index (κ2) is 5.78. The van der Waals surface area contributed by atoms with Crippen molar-refractivity contribution in [3.63, 3.8) is 0 Å². The van der Waals surface area contributed by atoms with Gasteiger partial charge in [0, 0.05) is 17.8 Å². The Morgan fingerprint density at radius 1 is 1.50 bits per heavy atom. The molecule has 0 saturated carbocycles. The highest BCUT2D eigenvalue weighted by Crippen LogP contribution is 2.17. The molecule has 0 radical (unpaired) electrons. The lowest BCUT2D eigenvalue weighted by molar-refractivity contribution is -0.384. The van der Waals surface area contributed by atoms with Crippen molar-refractivity contribution in [3.8, 4) is 0 Å². The molecule has 1 aromatic heterocycles. The number of nitrogens with zero attached hydrogens (tertiary/aromatic N) is 3. The Labute approximate surface area is 113 Å². The van der Waals surface area contributed by atoms with Gasteiger partial charge in [-0.3, -0.25) is 15.2 Å². The molecule has 104 valence electrons. The molecule has 0 spiro atoms. The maximum Gasteiger partial charge on any atom is 0.319 e. The first-order valence-corrected chi connectivity index (χ1v) is 5.73. The number of nitrogens with one attached hydrogen (secondary N) is 3. The van der Waals surface area contributed by atoms with Crippen LogP contribution in [0.2, 0.25) is 0 Å². The van der Waals surface area contributed by atoms with E-state index in [1.807, 2.05) is 0 Å². The molecule has 1 aromatic carbocycles. The number of rotatable bonds is 4. The number of aromatic amines is 1. The molecule has 20 heavy (non-hydrogen) atoms. The van der Waals surface area contributed by atoms with Crippen LogP contribution in [0.15, 0.2) is 30.6 Å². The number of H-pyrrole nitrogens is 1. The molecule has 0 bridgehead atoms. The van der Waals surface area contributed by atoms with Crippen molar-refractivity contribution in [3.05, 3.63) is 46.5 Å². The van der Waals surface area contributed by atoms with Gasteiger partial charge in [0.25, 0.3) is 5.69 Å². The fraction of sp³-hybridized carbons (Fsp3) is 0.182. The molecule has 1 heterocycles. The minimum atomic E-state index is -0.528. The summed E-state index contributed by atoms with van der Waals surface area (Å²) in [4.78, 5) is 25.8. The average molecular weight is 276 g/mol. The molecule has 0 aliphatic rings.